The lowest BCUT2D eigenvalue weighted by Crippen LogP contribution is -1.87. The van der Waals surface area contributed by atoms with E-state index >= 15 is 0 Å². The quantitative estimate of drug-likeness (QED) is 0.486. The second-order valence-electron chi connectivity index (χ2n) is 5.89. The molecule has 0 fully saturated rings. The van der Waals surface area contributed by atoms with E-state index in [1.54, 1.807) is 18.4 Å². The lowest BCUT2D eigenvalue weighted by atomic mass is 10.0. The van der Waals surface area contributed by atoms with Crippen LogP contribution in [-0.4, -0.2) is 10.2 Å². The van der Waals surface area contributed by atoms with Gasteiger partial charge < -0.3 is 8.83 Å². The first-order valence-electron chi connectivity index (χ1n) is 8.42. The van der Waals surface area contributed by atoms with E-state index in [9.17, 15) is 0 Å². The minimum atomic E-state index is 0.402. The van der Waals surface area contributed by atoms with Crippen molar-refractivity contribution in [3.8, 4) is 11.7 Å². The number of hydrogen-bond acceptors (Lipinski definition) is 4. The lowest BCUT2D eigenvalue weighted by molar-refractivity contribution is 0.506. The zero-order chi connectivity index (χ0) is 16.6. The Bertz CT molecular complexity index is 745. The molecule has 2 aromatic heterocycles. The summed E-state index contributed by atoms with van der Waals surface area (Å²) < 4.78 is 10.9. The molecule has 0 atom stereocenters. The van der Waals surface area contributed by atoms with Gasteiger partial charge in [-0.25, -0.2) is 0 Å². The van der Waals surface area contributed by atoms with Crippen molar-refractivity contribution in [3.05, 3.63) is 66.8 Å². The Kier molecular flexibility index (Phi) is 5.61. The van der Waals surface area contributed by atoms with E-state index in [-0.39, 0.29) is 0 Å². The Morgan fingerprint density at radius 3 is 2.54 bits per heavy atom. The van der Waals surface area contributed by atoms with E-state index in [2.05, 4.69) is 47.1 Å². The number of aromatic nitrogens is 2. The molecule has 0 saturated carbocycles. The molecule has 1 aromatic carbocycles. The molecular formula is C20H22N2O2. The van der Waals surface area contributed by atoms with Crippen LogP contribution in [0.25, 0.3) is 17.2 Å². The topological polar surface area (TPSA) is 52.1 Å². The van der Waals surface area contributed by atoms with E-state index < -0.39 is 0 Å². The van der Waals surface area contributed by atoms with Crippen molar-refractivity contribution in [2.24, 2.45) is 0 Å². The first-order chi connectivity index (χ1) is 11.8. The van der Waals surface area contributed by atoms with Gasteiger partial charge in [-0.15, -0.1) is 10.2 Å². The summed E-state index contributed by atoms with van der Waals surface area (Å²) in [6.07, 6.45) is 8.34. The van der Waals surface area contributed by atoms with Gasteiger partial charge in [0.2, 0.25) is 5.89 Å². The molecule has 0 radical (unpaired) electrons. The molecule has 4 heteroatoms. The molecule has 4 nitrogen and oxygen atoms in total. The summed E-state index contributed by atoms with van der Waals surface area (Å²) in [7, 11) is 0. The molecule has 0 aliphatic heterocycles. The maximum Gasteiger partial charge on any atom is 0.283 e. The SMILES string of the molecule is C=C(CCCCCCc1ccccc1)c1nnc(-c2ccco2)o1. The summed E-state index contributed by atoms with van der Waals surface area (Å²) in [5, 5.41) is 8.05. The van der Waals surface area contributed by atoms with Crippen LogP contribution in [-0.2, 0) is 6.42 Å². The monoisotopic (exact) mass is 322 g/mol. The molecule has 3 aromatic rings. The summed E-state index contributed by atoms with van der Waals surface area (Å²) in [4.78, 5) is 0. The Morgan fingerprint density at radius 1 is 0.917 bits per heavy atom. The van der Waals surface area contributed by atoms with Gasteiger partial charge in [-0.05, 0) is 43.4 Å². The third-order valence-corrected chi connectivity index (χ3v) is 4.00. The van der Waals surface area contributed by atoms with Gasteiger partial charge >= 0.3 is 0 Å². The first kappa shape index (κ1) is 16.2. The maximum atomic E-state index is 5.61. The van der Waals surface area contributed by atoms with E-state index in [1.807, 2.05) is 0 Å². The number of allylic oxidation sites excluding steroid dienone is 1. The molecule has 0 N–H and O–H groups in total. The first-order valence-corrected chi connectivity index (χ1v) is 8.42. The van der Waals surface area contributed by atoms with Crippen molar-refractivity contribution < 1.29 is 8.83 Å². The van der Waals surface area contributed by atoms with Crippen LogP contribution in [0.3, 0.4) is 0 Å². The third-order valence-electron chi connectivity index (χ3n) is 4.00. The average molecular weight is 322 g/mol. The molecule has 0 unspecified atom stereocenters. The van der Waals surface area contributed by atoms with Crippen LogP contribution in [0.2, 0.25) is 0 Å². The second kappa shape index (κ2) is 8.29. The van der Waals surface area contributed by atoms with Gasteiger partial charge in [0.15, 0.2) is 5.76 Å². The molecule has 0 amide bonds. The largest absolute Gasteiger partial charge is 0.459 e. The number of rotatable bonds is 9. The number of unbranched alkanes of at least 4 members (excludes halogenated alkanes) is 3. The molecule has 124 valence electrons. The summed E-state index contributed by atoms with van der Waals surface area (Å²) in [5.41, 5.74) is 2.31. The number of furan rings is 1. The van der Waals surface area contributed by atoms with Crippen LogP contribution in [0, 0.1) is 0 Å². The highest BCUT2D eigenvalue weighted by Gasteiger charge is 2.12. The fourth-order valence-electron chi connectivity index (χ4n) is 2.64. The average Bonchev–Trinajstić information content (AvgIpc) is 3.29. The molecule has 3 rings (SSSR count). The highest BCUT2D eigenvalue weighted by molar-refractivity contribution is 5.56. The molecule has 0 spiro atoms. The zero-order valence-corrected chi connectivity index (χ0v) is 13.8. The summed E-state index contributed by atoms with van der Waals surface area (Å²) >= 11 is 0. The molecule has 0 saturated heterocycles. The van der Waals surface area contributed by atoms with Gasteiger partial charge in [0.05, 0.1) is 6.26 Å². The minimum Gasteiger partial charge on any atom is -0.459 e. The summed E-state index contributed by atoms with van der Waals surface area (Å²) in [6.45, 7) is 4.06. The van der Waals surface area contributed by atoms with Crippen molar-refractivity contribution in [1.82, 2.24) is 10.2 Å². The predicted molar refractivity (Wildman–Crippen MR) is 94.3 cm³/mol. The van der Waals surface area contributed by atoms with Gasteiger partial charge in [0, 0.05) is 5.57 Å². The number of nitrogens with zero attached hydrogens (tertiary/aromatic N) is 2. The van der Waals surface area contributed by atoms with E-state index in [1.165, 1.54) is 24.8 Å². The van der Waals surface area contributed by atoms with Crippen LogP contribution < -0.4 is 0 Å². The van der Waals surface area contributed by atoms with Crippen LogP contribution in [0.1, 0.15) is 43.6 Å². The van der Waals surface area contributed by atoms with Crippen molar-refractivity contribution in [1.29, 1.82) is 0 Å². The molecule has 0 aliphatic rings. The molecule has 0 bridgehead atoms. The fraction of sp³-hybridized carbons (Fsp3) is 0.300. The van der Waals surface area contributed by atoms with Crippen LogP contribution in [0.5, 0.6) is 0 Å². The van der Waals surface area contributed by atoms with Crippen molar-refractivity contribution >= 4 is 5.57 Å². The Hall–Kier alpha value is -2.62. The van der Waals surface area contributed by atoms with Crippen LogP contribution >= 0.6 is 0 Å². The van der Waals surface area contributed by atoms with Crippen LogP contribution in [0.15, 0.2) is 64.1 Å². The van der Waals surface area contributed by atoms with E-state index in [4.69, 9.17) is 8.83 Å². The Labute approximate surface area is 142 Å². The molecular weight excluding hydrogens is 300 g/mol. The standard InChI is InChI=1S/C20H22N2O2/c1-16(19-21-22-20(24-19)18-14-9-15-23-18)10-5-2-3-6-11-17-12-7-4-8-13-17/h4,7-9,12-15H,1-3,5-6,10-11H2. The van der Waals surface area contributed by atoms with Crippen molar-refractivity contribution in [3.63, 3.8) is 0 Å². The smallest absolute Gasteiger partial charge is 0.283 e. The Morgan fingerprint density at radius 2 is 1.75 bits per heavy atom. The van der Waals surface area contributed by atoms with Gasteiger partial charge in [-0.2, -0.15) is 0 Å². The highest BCUT2D eigenvalue weighted by Crippen LogP contribution is 2.23. The van der Waals surface area contributed by atoms with Crippen molar-refractivity contribution in [2.45, 2.75) is 38.5 Å². The van der Waals surface area contributed by atoms with E-state index in [0.29, 0.717) is 17.5 Å². The van der Waals surface area contributed by atoms with Gasteiger partial charge in [0.25, 0.3) is 5.89 Å². The second-order valence-corrected chi connectivity index (χ2v) is 5.89. The lowest BCUT2D eigenvalue weighted by Gasteiger charge is -2.03. The molecule has 24 heavy (non-hydrogen) atoms. The fourth-order valence-corrected chi connectivity index (χ4v) is 2.64. The normalized spacial score (nSPS) is 10.8. The van der Waals surface area contributed by atoms with Crippen molar-refractivity contribution in [2.75, 3.05) is 0 Å². The maximum absolute atomic E-state index is 5.61. The van der Waals surface area contributed by atoms with Crippen LogP contribution in [0.4, 0.5) is 0 Å². The zero-order valence-electron chi connectivity index (χ0n) is 13.8. The summed E-state index contributed by atoms with van der Waals surface area (Å²) in [6, 6.07) is 14.2. The number of benzene rings is 1. The highest BCUT2D eigenvalue weighted by atomic mass is 16.4. The van der Waals surface area contributed by atoms with Gasteiger partial charge in [-0.3, -0.25) is 0 Å². The number of aryl methyl sites for hydroxylation is 1. The minimum absolute atomic E-state index is 0.402. The predicted octanol–water partition coefficient (Wildman–Crippen LogP) is 5.54. The Balaban J connectivity index is 1.35. The van der Waals surface area contributed by atoms with Gasteiger partial charge in [-0.1, -0.05) is 49.8 Å². The third kappa shape index (κ3) is 4.44. The number of hydrogen-bond donors (Lipinski definition) is 0. The van der Waals surface area contributed by atoms with Gasteiger partial charge in [0.1, 0.15) is 0 Å². The van der Waals surface area contributed by atoms with E-state index in [0.717, 1.165) is 24.8 Å². The summed E-state index contributed by atoms with van der Waals surface area (Å²) in [5.74, 6) is 1.49. The molecule has 2 heterocycles. The molecule has 0 aliphatic carbocycles.